The van der Waals surface area contributed by atoms with Crippen LogP contribution in [0.1, 0.15) is 49.4 Å². The highest BCUT2D eigenvalue weighted by Crippen LogP contribution is 2.31. The zero-order valence-corrected chi connectivity index (χ0v) is 11.1. The molecule has 1 saturated carbocycles. The van der Waals surface area contributed by atoms with Crippen LogP contribution >= 0.6 is 0 Å². The quantitative estimate of drug-likeness (QED) is 0.873. The minimum absolute atomic E-state index is 0.0838. The van der Waals surface area contributed by atoms with Gasteiger partial charge in [0.2, 0.25) is 5.88 Å². The van der Waals surface area contributed by atoms with Gasteiger partial charge in [-0.15, -0.1) is 0 Å². The molecule has 1 aromatic rings. The maximum absolute atomic E-state index is 10.8. The summed E-state index contributed by atoms with van der Waals surface area (Å²) in [6, 6.07) is 1.40. The molecule has 104 valence electrons. The number of rotatable bonds is 4. The van der Waals surface area contributed by atoms with Crippen molar-refractivity contribution in [2.45, 2.75) is 45.1 Å². The number of aromatic nitrogens is 1. The molecule has 2 atom stereocenters. The Hall–Kier alpha value is -1.78. The summed E-state index contributed by atoms with van der Waals surface area (Å²) in [4.78, 5) is 14.9. The van der Waals surface area contributed by atoms with Gasteiger partial charge in [0.05, 0.1) is 11.3 Å². The zero-order valence-electron chi connectivity index (χ0n) is 11.1. The third-order valence-corrected chi connectivity index (χ3v) is 3.75. The molecular formula is C14H20N2O3. The predicted octanol–water partition coefficient (Wildman–Crippen LogP) is 2.71. The van der Waals surface area contributed by atoms with E-state index in [0.29, 0.717) is 17.5 Å². The Kier molecular flexibility index (Phi) is 4.24. The fraction of sp³-hybridized carbons (Fsp3) is 0.571. The summed E-state index contributed by atoms with van der Waals surface area (Å²) in [6.07, 6.45) is 7.11. The molecule has 1 aliphatic carbocycles. The number of nitrogens with two attached hydrogens (primary N) is 1. The Balaban J connectivity index is 2.11. The van der Waals surface area contributed by atoms with Crippen molar-refractivity contribution < 1.29 is 14.6 Å². The summed E-state index contributed by atoms with van der Waals surface area (Å²) in [6.45, 7) is 2.16. The average Bonchev–Trinajstić information content (AvgIpc) is 2.41. The molecule has 5 heteroatoms. The second-order valence-electron chi connectivity index (χ2n) is 5.03. The molecule has 0 saturated heterocycles. The van der Waals surface area contributed by atoms with E-state index in [1.54, 1.807) is 0 Å². The van der Waals surface area contributed by atoms with Crippen LogP contribution in [0.3, 0.4) is 0 Å². The Labute approximate surface area is 112 Å². The van der Waals surface area contributed by atoms with Crippen LogP contribution in [0.15, 0.2) is 12.3 Å². The summed E-state index contributed by atoms with van der Waals surface area (Å²) >= 11 is 0. The van der Waals surface area contributed by atoms with Crippen molar-refractivity contribution in [3.63, 3.8) is 0 Å². The molecule has 2 rings (SSSR count). The molecule has 1 heterocycles. The lowest BCUT2D eigenvalue weighted by Crippen LogP contribution is -2.30. The van der Waals surface area contributed by atoms with Gasteiger partial charge in [0.15, 0.2) is 0 Å². The lowest BCUT2D eigenvalue weighted by molar-refractivity contribution is 0.0695. The van der Waals surface area contributed by atoms with Crippen LogP contribution in [0, 0.1) is 5.92 Å². The highest BCUT2D eigenvalue weighted by atomic mass is 16.5. The van der Waals surface area contributed by atoms with Gasteiger partial charge in [-0.2, -0.15) is 0 Å². The number of ether oxygens (including phenoxy) is 1. The molecule has 19 heavy (non-hydrogen) atoms. The first kappa shape index (κ1) is 13.6. The highest BCUT2D eigenvalue weighted by molar-refractivity contribution is 5.88. The fourth-order valence-corrected chi connectivity index (χ4v) is 2.62. The molecule has 0 aromatic carbocycles. The Morgan fingerprint density at radius 1 is 1.53 bits per heavy atom. The Morgan fingerprint density at radius 2 is 2.26 bits per heavy atom. The number of nitrogens with zero attached hydrogens (tertiary/aromatic N) is 1. The van der Waals surface area contributed by atoms with Gasteiger partial charge in [-0.3, -0.25) is 0 Å². The van der Waals surface area contributed by atoms with E-state index in [1.807, 2.05) is 0 Å². The second-order valence-corrected chi connectivity index (χ2v) is 5.03. The molecule has 5 nitrogen and oxygen atoms in total. The van der Waals surface area contributed by atoms with Crippen LogP contribution in [0.25, 0.3) is 0 Å². The van der Waals surface area contributed by atoms with Crippen molar-refractivity contribution in [2.75, 3.05) is 5.73 Å². The standard InChI is InChI=1S/C14H20N2O3/c1-2-9-5-3-4-6-12(9)19-13-11(15)7-10(8-16-13)14(17)18/h7-9,12H,2-6,15H2,1H3,(H,17,18). The van der Waals surface area contributed by atoms with E-state index in [9.17, 15) is 4.79 Å². The number of anilines is 1. The van der Waals surface area contributed by atoms with E-state index in [1.165, 1.54) is 25.1 Å². The first-order chi connectivity index (χ1) is 9.11. The van der Waals surface area contributed by atoms with E-state index < -0.39 is 5.97 Å². The van der Waals surface area contributed by atoms with Crippen LogP contribution in [-0.4, -0.2) is 22.2 Å². The molecular weight excluding hydrogens is 244 g/mol. The first-order valence-electron chi connectivity index (χ1n) is 6.77. The van der Waals surface area contributed by atoms with Gasteiger partial charge >= 0.3 is 5.97 Å². The van der Waals surface area contributed by atoms with E-state index in [0.717, 1.165) is 19.3 Å². The van der Waals surface area contributed by atoms with Crippen LogP contribution in [0.5, 0.6) is 5.88 Å². The number of nitrogen functional groups attached to an aromatic ring is 1. The Bertz CT molecular complexity index is 462. The van der Waals surface area contributed by atoms with E-state index >= 15 is 0 Å². The maximum Gasteiger partial charge on any atom is 0.337 e. The first-order valence-corrected chi connectivity index (χ1v) is 6.77. The highest BCUT2D eigenvalue weighted by Gasteiger charge is 2.26. The minimum Gasteiger partial charge on any atom is -0.478 e. The van der Waals surface area contributed by atoms with Crippen molar-refractivity contribution in [2.24, 2.45) is 5.92 Å². The SMILES string of the molecule is CCC1CCCCC1Oc1ncc(C(=O)O)cc1N. The van der Waals surface area contributed by atoms with Crippen molar-refractivity contribution in [1.29, 1.82) is 0 Å². The number of carboxylic acid groups (broad SMARTS) is 1. The number of carbonyl (C=O) groups is 1. The Morgan fingerprint density at radius 3 is 2.89 bits per heavy atom. The van der Waals surface area contributed by atoms with Crippen LogP contribution in [0.4, 0.5) is 5.69 Å². The van der Waals surface area contributed by atoms with E-state index in [-0.39, 0.29) is 11.7 Å². The third-order valence-electron chi connectivity index (χ3n) is 3.75. The molecule has 2 unspecified atom stereocenters. The van der Waals surface area contributed by atoms with Gasteiger partial charge in [0.25, 0.3) is 0 Å². The van der Waals surface area contributed by atoms with Crippen molar-refractivity contribution >= 4 is 11.7 Å². The summed E-state index contributed by atoms with van der Waals surface area (Å²) < 4.78 is 5.90. The topological polar surface area (TPSA) is 85.4 Å². The normalized spacial score (nSPS) is 23.0. The molecule has 0 amide bonds. The van der Waals surface area contributed by atoms with Gasteiger partial charge in [0, 0.05) is 6.20 Å². The van der Waals surface area contributed by atoms with E-state index in [2.05, 4.69) is 11.9 Å². The van der Waals surface area contributed by atoms with Gasteiger partial charge in [-0.1, -0.05) is 13.3 Å². The molecule has 1 aromatic heterocycles. The monoisotopic (exact) mass is 264 g/mol. The van der Waals surface area contributed by atoms with Crippen LogP contribution in [-0.2, 0) is 0 Å². The molecule has 0 bridgehead atoms. The summed E-state index contributed by atoms with van der Waals surface area (Å²) in [5.41, 5.74) is 6.19. The van der Waals surface area contributed by atoms with Gasteiger partial charge in [-0.25, -0.2) is 9.78 Å². The summed E-state index contributed by atoms with van der Waals surface area (Å²) in [5, 5.41) is 8.87. The smallest absolute Gasteiger partial charge is 0.337 e. The maximum atomic E-state index is 10.8. The van der Waals surface area contributed by atoms with Crippen molar-refractivity contribution in [1.82, 2.24) is 4.98 Å². The largest absolute Gasteiger partial charge is 0.478 e. The number of hydrogen-bond donors (Lipinski definition) is 2. The number of aromatic carboxylic acids is 1. The number of carboxylic acids is 1. The van der Waals surface area contributed by atoms with E-state index in [4.69, 9.17) is 15.6 Å². The van der Waals surface area contributed by atoms with Gasteiger partial charge in [0.1, 0.15) is 6.10 Å². The predicted molar refractivity (Wildman–Crippen MR) is 72.3 cm³/mol. The number of hydrogen-bond acceptors (Lipinski definition) is 4. The van der Waals surface area contributed by atoms with Crippen molar-refractivity contribution in [3.8, 4) is 5.88 Å². The number of pyridine rings is 1. The molecule has 1 fully saturated rings. The molecule has 0 radical (unpaired) electrons. The summed E-state index contributed by atoms with van der Waals surface area (Å²) in [7, 11) is 0. The second kappa shape index (κ2) is 5.91. The average molecular weight is 264 g/mol. The fourth-order valence-electron chi connectivity index (χ4n) is 2.62. The van der Waals surface area contributed by atoms with Gasteiger partial charge < -0.3 is 15.6 Å². The zero-order chi connectivity index (χ0) is 13.8. The minimum atomic E-state index is -1.03. The lowest BCUT2D eigenvalue weighted by Gasteiger charge is -2.31. The van der Waals surface area contributed by atoms with Crippen LogP contribution in [0.2, 0.25) is 0 Å². The van der Waals surface area contributed by atoms with Gasteiger partial charge in [-0.05, 0) is 37.7 Å². The molecule has 1 aliphatic rings. The molecule has 0 spiro atoms. The summed E-state index contributed by atoms with van der Waals surface area (Å²) in [5.74, 6) is -0.140. The van der Waals surface area contributed by atoms with Crippen LogP contribution < -0.4 is 10.5 Å². The molecule has 0 aliphatic heterocycles. The lowest BCUT2D eigenvalue weighted by atomic mass is 9.85. The van der Waals surface area contributed by atoms with Crippen molar-refractivity contribution in [3.05, 3.63) is 17.8 Å². The third kappa shape index (κ3) is 3.16. The molecule has 3 N–H and O–H groups in total.